The average Bonchev–Trinajstić information content (AvgIpc) is 3.03. The zero-order chi connectivity index (χ0) is 32.7. The van der Waals surface area contributed by atoms with E-state index in [2.05, 4.69) is 30.8 Å². The molecule has 46 heavy (non-hydrogen) atoms. The number of alkyl carbamates (subject to hydrolysis) is 1. The number of aldehydes is 1. The summed E-state index contributed by atoms with van der Waals surface area (Å²) in [6.45, 7) is 6.66. The Labute approximate surface area is 266 Å². The van der Waals surface area contributed by atoms with Gasteiger partial charge in [0.25, 0.3) is 5.91 Å². The van der Waals surface area contributed by atoms with Crippen molar-refractivity contribution in [2.45, 2.75) is 51.9 Å². The predicted octanol–water partition coefficient (Wildman–Crippen LogP) is 5.94. The first-order chi connectivity index (χ1) is 22.1. The molecule has 3 amide bonds. The fourth-order valence-corrected chi connectivity index (χ4v) is 5.12. The van der Waals surface area contributed by atoms with Gasteiger partial charge in [-0.1, -0.05) is 42.5 Å². The Balaban J connectivity index is 1.37. The Bertz CT molecular complexity index is 1740. The number of aromatic nitrogens is 2. The first-order valence-electron chi connectivity index (χ1n) is 15.0. The minimum absolute atomic E-state index is 0.0383. The molecule has 2 aromatic carbocycles. The molecule has 0 aliphatic carbocycles. The second-order valence-electron chi connectivity index (χ2n) is 11.9. The van der Waals surface area contributed by atoms with Crippen LogP contribution in [0.4, 0.5) is 26.7 Å². The lowest BCUT2D eigenvalue weighted by atomic mass is 10.0. The molecule has 12 heteroatoms. The molecule has 0 unspecified atom stereocenters. The van der Waals surface area contributed by atoms with E-state index in [0.29, 0.717) is 47.2 Å². The summed E-state index contributed by atoms with van der Waals surface area (Å²) in [5, 5.41) is 9.10. The number of nitrogens with zero attached hydrogens (tertiary/aromatic N) is 3. The van der Waals surface area contributed by atoms with Crippen molar-refractivity contribution in [1.29, 1.82) is 0 Å². The molecule has 0 spiro atoms. The molecule has 1 fully saturated rings. The summed E-state index contributed by atoms with van der Waals surface area (Å²) in [6, 6.07) is 17.3. The molecule has 238 valence electrons. The van der Waals surface area contributed by atoms with E-state index in [0.717, 1.165) is 18.4 Å². The first-order valence-corrected chi connectivity index (χ1v) is 15.0. The number of piperidine rings is 1. The third kappa shape index (κ3) is 8.35. The van der Waals surface area contributed by atoms with Crippen LogP contribution in [0.25, 0.3) is 10.9 Å². The van der Waals surface area contributed by atoms with Crippen molar-refractivity contribution in [2.75, 3.05) is 28.6 Å². The number of fused-ring (bicyclic) bond motifs is 1. The third-order valence-corrected chi connectivity index (χ3v) is 7.17. The van der Waals surface area contributed by atoms with E-state index in [-0.39, 0.29) is 24.0 Å². The zero-order valence-corrected chi connectivity index (χ0v) is 25.9. The van der Waals surface area contributed by atoms with Crippen LogP contribution < -0.4 is 20.9 Å². The molecule has 1 aliphatic heterocycles. The highest BCUT2D eigenvalue weighted by atomic mass is 16.6. The number of ether oxygens (including phenoxy) is 2. The van der Waals surface area contributed by atoms with E-state index in [1.807, 2.05) is 51.1 Å². The number of nitrogens with one attached hydrogen (secondary N) is 3. The SMILES string of the molecule is CC(C)(C)OC(=O)N[C@H]1CCCN(c2ccncc2NC(=O)c2nc3cc(C=O)ccc3cc2NC(=O)OCc2ccccc2)C1. The Hall–Kier alpha value is -5.52. The van der Waals surface area contributed by atoms with Gasteiger partial charge in [-0.25, -0.2) is 14.6 Å². The van der Waals surface area contributed by atoms with Gasteiger partial charge in [-0.2, -0.15) is 0 Å². The number of hydrogen-bond donors (Lipinski definition) is 3. The lowest BCUT2D eigenvalue weighted by Gasteiger charge is -2.35. The molecule has 1 aliphatic rings. The highest BCUT2D eigenvalue weighted by Crippen LogP contribution is 2.30. The molecule has 0 radical (unpaired) electrons. The van der Waals surface area contributed by atoms with Crippen LogP contribution >= 0.6 is 0 Å². The zero-order valence-electron chi connectivity index (χ0n) is 25.9. The van der Waals surface area contributed by atoms with Gasteiger partial charge in [-0.15, -0.1) is 0 Å². The predicted molar refractivity (Wildman–Crippen MR) is 174 cm³/mol. The smallest absolute Gasteiger partial charge is 0.412 e. The van der Waals surface area contributed by atoms with E-state index in [9.17, 15) is 19.2 Å². The second kappa shape index (κ2) is 14.1. The molecule has 3 N–H and O–H groups in total. The first kappa shape index (κ1) is 31.9. The number of carbonyl (C=O) groups is 4. The average molecular weight is 625 g/mol. The molecule has 0 saturated carbocycles. The molecule has 2 aromatic heterocycles. The number of carbonyl (C=O) groups excluding carboxylic acids is 4. The monoisotopic (exact) mass is 624 g/mol. The molecular weight excluding hydrogens is 588 g/mol. The van der Waals surface area contributed by atoms with Crippen LogP contribution in [0.1, 0.15) is 60.0 Å². The lowest BCUT2D eigenvalue weighted by molar-refractivity contribution is 0.0499. The summed E-state index contributed by atoms with van der Waals surface area (Å²) in [7, 11) is 0. The Morgan fingerprint density at radius 1 is 1.00 bits per heavy atom. The number of benzene rings is 2. The molecule has 4 aromatic rings. The van der Waals surface area contributed by atoms with Gasteiger partial charge in [0.2, 0.25) is 0 Å². The minimum Gasteiger partial charge on any atom is -0.444 e. The number of anilines is 3. The highest BCUT2D eigenvalue weighted by Gasteiger charge is 2.26. The van der Waals surface area contributed by atoms with Gasteiger partial charge in [0.15, 0.2) is 5.69 Å². The number of pyridine rings is 2. The van der Waals surface area contributed by atoms with E-state index in [1.54, 1.807) is 36.5 Å². The van der Waals surface area contributed by atoms with E-state index in [1.165, 1.54) is 6.20 Å². The van der Waals surface area contributed by atoms with Crippen LogP contribution in [0, 0.1) is 0 Å². The summed E-state index contributed by atoms with van der Waals surface area (Å²) in [4.78, 5) is 61.3. The van der Waals surface area contributed by atoms with Gasteiger partial charge in [0, 0.05) is 36.3 Å². The Morgan fingerprint density at radius 2 is 1.80 bits per heavy atom. The van der Waals surface area contributed by atoms with E-state index in [4.69, 9.17) is 9.47 Å². The van der Waals surface area contributed by atoms with Crippen LogP contribution in [0.3, 0.4) is 0 Å². The lowest BCUT2D eigenvalue weighted by Crippen LogP contribution is -2.49. The summed E-state index contributed by atoms with van der Waals surface area (Å²) >= 11 is 0. The maximum Gasteiger partial charge on any atom is 0.412 e. The minimum atomic E-state index is -0.762. The van der Waals surface area contributed by atoms with Crippen LogP contribution in [-0.2, 0) is 16.1 Å². The van der Waals surface area contributed by atoms with Crippen molar-refractivity contribution in [2.24, 2.45) is 0 Å². The van der Waals surface area contributed by atoms with Crippen molar-refractivity contribution in [3.63, 3.8) is 0 Å². The van der Waals surface area contributed by atoms with Crippen LogP contribution in [0.2, 0.25) is 0 Å². The van der Waals surface area contributed by atoms with Crippen molar-refractivity contribution in [3.8, 4) is 0 Å². The van der Waals surface area contributed by atoms with Crippen LogP contribution in [0.15, 0.2) is 73.1 Å². The Kier molecular flexibility index (Phi) is 9.75. The van der Waals surface area contributed by atoms with Crippen LogP contribution in [0.5, 0.6) is 0 Å². The van der Waals surface area contributed by atoms with Crippen molar-refractivity contribution in [1.82, 2.24) is 15.3 Å². The summed E-state index contributed by atoms with van der Waals surface area (Å²) in [6.07, 6.45) is 4.20. The van der Waals surface area contributed by atoms with Crippen LogP contribution in [-0.4, -0.2) is 59.1 Å². The molecule has 1 atom stereocenters. The van der Waals surface area contributed by atoms with Gasteiger partial charge >= 0.3 is 12.2 Å². The normalized spacial score (nSPS) is 14.7. The summed E-state index contributed by atoms with van der Waals surface area (Å²) in [5.41, 5.74) is 2.17. The molecule has 5 rings (SSSR count). The van der Waals surface area contributed by atoms with Gasteiger partial charge < -0.3 is 25.0 Å². The highest BCUT2D eigenvalue weighted by molar-refractivity contribution is 6.11. The summed E-state index contributed by atoms with van der Waals surface area (Å²) in [5.74, 6) is -0.605. The maximum atomic E-state index is 13.8. The van der Waals surface area contributed by atoms with Gasteiger partial charge in [0.1, 0.15) is 18.5 Å². The van der Waals surface area contributed by atoms with Crippen molar-refractivity contribution < 1.29 is 28.7 Å². The topological polar surface area (TPSA) is 152 Å². The van der Waals surface area contributed by atoms with E-state index < -0.39 is 23.7 Å². The quantitative estimate of drug-likeness (QED) is 0.202. The largest absolute Gasteiger partial charge is 0.444 e. The standard InChI is InChI=1S/C34H36N6O6/c1-34(2,3)46-33(44)36-25-10-7-15-40(19-25)29-13-14-35-18-28(29)38-31(42)30-27(17-24-12-11-23(20-41)16-26(24)37-30)39-32(43)45-21-22-8-5-4-6-9-22/h4-6,8-9,11-14,16-18,20,25H,7,10,15,19,21H2,1-3H3,(H,36,44)(H,38,42)(H,39,43)/t25-/m0/s1. The third-order valence-electron chi connectivity index (χ3n) is 7.17. The fourth-order valence-electron chi connectivity index (χ4n) is 5.12. The molecule has 0 bridgehead atoms. The summed E-state index contributed by atoms with van der Waals surface area (Å²) < 4.78 is 10.8. The molecular formula is C34H36N6O6. The number of hydrogen-bond acceptors (Lipinski definition) is 9. The van der Waals surface area contributed by atoms with E-state index >= 15 is 0 Å². The van der Waals surface area contributed by atoms with Gasteiger partial charge in [-0.05, 0) is 57.4 Å². The fraction of sp³-hybridized carbons (Fsp3) is 0.294. The number of amides is 3. The second-order valence-corrected chi connectivity index (χ2v) is 11.9. The number of rotatable bonds is 8. The maximum absolute atomic E-state index is 13.8. The van der Waals surface area contributed by atoms with Crippen molar-refractivity contribution in [3.05, 3.63) is 89.9 Å². The molecule has 3 heterocycles. The van der Waals surface area contributed by atoms with Gasteiger partial charge in [-0.3, -0.25) is 19.9 Å². The Morgan fingerprint density at radius 3 is 2.57 bits per heavy atom. The van der Waals surface area contributed by atoms with Crippen molar-refractivity contribution >= 4 is 52.3 Å². The molecule has 1 saturated heterocycles. The molecule has 12 nitrogen and oxygen atoms in total. The van der Waals surface area contributed by atoms with Gasteiger partial charge in [0.05, 0.1) is 28.8 Å².